The van der Waals surface area contributed by atoms with Gasteiger partial charge in [-0.05, 0) is 26.3 Å². The molecule has 0 radical (unpaired) electrons. The lowest BCUT2D eigenvalue weighted by Gasteiger charge is -2.13. The maximum absolute atomic E-state index is 3.62. The number of hydrogen-bond acceptors (Lipinski definition) is 1. The second kappa shape index (κ2) is 18.0. The van der Waals surface area contributed by atoms with E-state index in [1.165, 1.54) is 103 Å². The Morgan fingerprint density at radius 3 is 1.48 bits per heavy atom. The first-order chi connectivity index (χ1) is 10.3. The molecule has 0 aliphatic heterocycles. The van der Waals surface area contributed by atoms with E-state index in [0.717, 1.165) is 6.04 Å². The fourth-order valence-electron chi connectivity index (χ4n) is 2.92. The molecule has 0 heterocycles. The Balaban J connectivity index is 3.05. The van der Waals surface area contributed by atoms with Crippen molar-refractivity contribution in [3.8, 4) is 0 Å². The Morgan fingerprint density at radius 2 is 1.00 bits per heavy atom. The molecule has 0 aliphatic carbocycles. The minimum Gasteiger partial charge on any atom is -0.314 e. The van der Waals surface area contributed by atoms with Crippen LogP contribution in [0.4, 0.5) is 0 Å². The van der Waals surface area contributed by atoms with Gasteiger partial charge in [0.15, 0.2) is 0 Å². The average Bonchev–Trinajstić information content (AvgIpc) is 2.48. The van der Waals surface area contributed by atoms with Crippen molar-refractivity contribution in [2.75, 3.05) is 6.54 Å². The highest BCUT2D eigenvalue weighted by Crippen LogP contribution is 2.12. The molecule has 1 atom stereocenters. The molecule has 1 nitrogen and oxygen atoms in total. The molecule has 0 saturated carbocycles. The Bertz CT molecular complexity index is 179. The van der Waals surface area contributed by atoms with Crippen molar-refractivity contribution in [3.05, 3.63) is 0 Å². The largest absolute Gasteiger partial charge is 0.314 e. The van der Waals surface area contributed by atoms with E-state index in [1.807, 2.05) is 0 Å². The minimum atomic E-state index is 0.722. The molecule has 1 heteroatoms. The molecule has 0 aliphatic rings. The molecular weight excluding hydrogens is 254 g/mol. The molecule has 1 N–H and O–H groups in total. The summed E-state index contributed by atoms with van der Waals surface area (Å²) in [7, 11) is 0. The molecule has 21 heavy (non-hydrogen) atoms. The molecular formula is C20H43N. The maximum Gasteiger partial charge on any atom is 0.00387 e. The fraction of sp³-hybridized carbons (Fsp3) is 1.00. The summed E-state index contributed by atoms with van der Waals surface area (Å²) in [5.41, 5.74) is 0. The highest BCUT2D eigenvalue weighted by molar-refractivity contribution is 4.60. The molecule has 0 amide bonds. The predicted molar refractivity (Wildman–Crippen MR) is 98.1 cm³/mol. The molecule has 0 saturated heterocycles. The van der Waals surface area contributed by atoms with Crippen molar-refractivity contribution in [1.29, 1.82) is 0 Å². The van der Waals surface area contributed by atoms with E-state index in [4.69, 9.17) is 0 Å². The molecule has 0 aromatic rings. The summed E-state index contributed by atoms with van der Waals surface area (Å²) in [6, 6.07) is 0.722. The van der Waals surface area contributed by atoms with Gasteiger partial charge >= 0.3 is 0 Å². The van der Waals surface area contributed by atoms with Gasteiger partial charge in [-0.2, -0.15) is 0 Å². The van der Waals surface area contributed by atoms with Gasteiger partial charge in [-0.25, -0.2) is 0 Å². The van der Waals surface area contributed by atoms with Crippen molar-refractivity contribution in [1.82, 2.24) is 5.32 Å². The molecule has 0 fully saturated rings. The van der Waals surface area contributed by atoms with Crippen LogP contribution in [0.5, 0.6) is 0 Å². The second-order valence-corrected chi connectivity index (χ2v) is 6.89. The summed E-state index contributed by atoms with van der Waals surface area (Å²) in [5, 5.41) is 3.62. The lowest BCUT2D eigenvalue weighted by atomic mass is 10.0. The molecule has 1 unspecified atom stereocenters. The average molecular weight is 298 g/mol. The zero-order valence-corrected chi connectivity index (χ0v) is 15.4. The topological polar surface area (TPSA) is 12.0 Å². The maximum atomic E-state index is 3.62. The number of hydrogen-bond donors (Lipinski definition) is 1. The zero-order valence-electron chi connectivity index (χ0n) is 15.4. The predicted octanol–water partition coefficient (Wildman–Crippen LogP) is 6.86. The lowest BCUT2D eigenvalue weighted by molar-refractivity contribution is 0.470. The van der Waals surface area contributed by atoms with Crippen LogP contribution in [-0.2, 0) is 0 Å². The third kappa shape index (κ3) is 17.9. The van der Waals surface area contributed by atoms with Gasteiger partial charge in [-0.1, -0.05) is 97.3 Å². The Kier molecular flexibility index (Phi) is 18.0. The number of rotatable bonds is 17. The third-order valence-corrected chi connectivity index (χ3v) is 4.51. The first kappa shape index (κ1) is 21.0. The molecule has 0 aromatic heterocycles. The molecule has 0 spiro atoms. The molecule has 128 valence electrons. The summed E-state index contributed by atoms with van der Waals surface area (Å²) >= 11 is 0. The summed E-state index contributed by atoms with van der Waals surface area (Å²) in [5.74, 6) is 0. The molecule has 0 rings (SSSR count). The van der Waals surface area contributed by atoms with Gasteiger partial charge in [0.25, 0.3) is 0 Å². The SMILES string of the molecule is CCCCCCCCCCCCCCC(C)NCCCC. The van der Waals surface area contributed by atoms with Gasteiger partial charge in [0, 0.05) is 6.04 Å². The van der Waals surface area contributed by atoms with E-state index in [0.29, 0.717) is 0 Å². The van der Waals surface area contributed by atoms with Gasteiger partial charge in [-0.15, -0.1) is 0 Å². The monoisotopic (exact) mass is 297 g/mol. The quantitative estimate of drug-likeness (QED) is 0.289. The van der Waals surface area contributed by atoms with Crippen LogP contribution in [0.25, 0.3) is 0 Å². The standard InChI is InChI=1S/C20H43N/c1-4-6-8-9-10-11-12-13-14-15-16-17-18-20(3)21-19-7-5-2/h20-21H,4-19H2,1-3H3. The normalized spacial score (nSPS) is 12.7. The highest BCUT2D eigenvalue weighted by Gasteiger charge is 2.00. The summed E-state index contributed by atoms with van der Waals surface area (Å²) in [4.78, 5) is 0. The van der Waals surface area contributed by atoms with Gasteiger partial charge in [0.2, 0.25) is 0 Å². The fourth-order valence-corrected chi connectivity index (χ4v) is 2.92. The summed E-state index contributed by atoms with van der Waals surface area (Å²) < 4.78 is 0. The smallest absolute Gasteiger partial charge is 0.00387 e. The summed E-state index contributed by atoms with van der Waals surface area (Å²) in [6.45, 7) is 8.10. The van der Waals surface area contributed by atoms with Crippen molar-refractivity contribution < 1.29 is 0 Å². The van der Waals surface area contributed by atoms with Crippen LogP contribution in [-0.4, -0.2) is 12.6 Å². The van der Waals surface area contributed by atoms with E-state index in [2.05, 4.69) is 26.1 Å². The van der Waals surface area contributed by atoms with Crippen LogP contribution in [0.1, 0.15) is 117 Å². The van der Waals surface area contributed by atoms with Crippen molar-refractivity contribution in [2.45, 2.75) is 123 Å². The van der Waals surface area contributed by atoms with Crippen LogP contribution in [0.2, 0.25) is 0 Å². The lowest BCUT2D eigenvalue weighted by Crippen LogP contribution is -2.26. The Hall–Kier alpha value is -0.0400. The van der Waals surface area contributed by atoms with Crippen LogP contribution in [0, 0.1) is 0 Å². The van der Waals surface area contributed by atoms with Crippen molar-refractivity contribution in [2.24, 2.45) is 0 Å². The van der Waals surface area contributed by atoms with E-state index in [9.17, 15) is 0 Å². The number of unbranched alkanes of at least 4 members (excludes halogenated alkanes) is 12. The minimum absolute atomic E-state index is 0.722. The van der Waals surface area contributed by atoms with E-state index < -0.39 is 0 Å². The first-order valence-corrected chi connectivity index (χ1v) is 10.0. The van der Waals surface area contributed by atoms with E-state index >= 15 is 0 Å². The highest BCUT2D eigenvalue weighted by atomic mass is 14.9. The molecule has 0 bridgehead atoms. The van der Waals surface area contributed by atoms with Gasteiger partial charge in [0.1, 0.15) is 0 Å². The second-order valence-electron chi connectivity index (χ2n) is 6.89. The third-order valence-electron chi connectivity index (χ3n) is 4.51. The molecule has 0 aromatic carbocycles. The first-order valence-electron chi connectivity index (χ1n) is 10.0. The Morgan fingerprint density at radius 1 is 0.571 bits per heavy atom. The van der Waals surface area contributed by atoms with Crippen LogP contribution >= 0.6 is 0 Å². The van der Waals surface area contributed by atoms with Crippen molar-refractivity contribution in [3.63, 3.8) is 0 Å². The van der Waals surface area contributed by atoms with Crippen LogP contribution in [0.15, 0.2) is 0 Å². The summed E-state index contributed by atoms with van der Waals surface area (Å²) in [6.07, 6.45) is 21.4. The van der Waals surface area contributed by atoms with E-state index in [-0.39, 0.29) is 0 Å². The van der Waals surface area contributed by atoms with E-state index in [1.54, 1.807) is 0 Å². The van der Waals surface area contributed by atoms with Gasteiger partial charge in [-0.3, -0.25) is 0 Å². The van der Waals surface area contributed by atoms with Gasteiger partial charge in [0.05, 0.1) is 0 Å². The van der Waals surface area contributed by atoms with Gasteiger partial charge < -0.3 is 5.32 Å². The number of nitrogens with one attached hydrogen (secondary N) is 1. The zero-order chi connectivity index (χ0) is 15.6. The Labute approximate surface area is 135 Å². The van der Waals surface area contributed by atoms with Crippen LogP contribution < -0.4 is 5.32 Å². The van der Waals surface area contributed by atoms with Crippen LogP contribution in [0.3, 0.4) is 0 Å². The van der Waals surface area contributed by atoms with Crippen molar-refractivity contribution >= 4 is 0 Å².